The second-order valence-corrected chi connectivity index (χ2v) is 5.30. The van der Waals surface area contributed by atoms with Crippen LogP contribution in [-0.2, 0) is 14.3 Å². The lowest BCUT2D eigenvalue weighted by Gasteiger charge is -2.24. The first kappa shape index (κ1) is 13.3. The fourth-order valence-corrected chi connectivity index (χ4v) is 2.22. The quantitative estimate of drug-likeness (QED) is 0.740. The van der Waals surface area contributed by atoms with Gasteiger partial charge in [0, 0.05) is 19.2 Å². The second kappa shape index (κ2) is 5.26. The van der Waals surface area contributed by atoms with Gasteiger partial charge in [0.25, 0.3) is 0 Å². The maximum Gasteiger partial charge on any atom is 0.308 e. The van der Waals surface area contributed by atoms with Crippen LogP contribution < -0.4 is 0 Å². The first-order valence-electron chi connectivity index (χ1n) is 6.69. The van der Waals surface area contributed by atoms with Gasteiger partial charge >= 0.3 is 5.97 Å². The van der Waals surface area contributed by atoms with Crippen LogP contribution in [0.15, 0.2) is 0 Å². The Bertz CT molecular complexity index is 340. The van der Waals surface area contributed by atoms with Gasteiger partial charge in [0.15, 0.2) is 0 Å². The zero-order chi connectivity index (χ0) is 13.3. The van der Waals surface area contributed by atoms with Gasteiger partial charge in [0.1, 0.15) is 0 Å². The van der Waals surface area contributed by atoms with Gasteiger partial charge in [0.2, 0.25) is 5.91 Å². The highest BCUT2D eigenvalue weighted by Crippen LogP contribution is 2.38. The molecule has 0 aromatic carbocycles. The van der Waals surface area contributed by atoms with Gasteiger partial charge in [-0.25, -0.2) is 0 Å². The number of amides is 1. The minimum atomic E-state index is -0.842. The van der Waals surface area contributed by atoms with E-state index < -0.39 is 11.9 Å². The lowest BCUT2D eigenvalue weighted by atomic mass is 10.1. The number of aliphatic carboxylic acids is 1. The number of carbonyl (C=O) groups excluding carboxylic acids is 1. The standard InChI is InChI=1S/C13H21NO4/c1-3-18-11-6-10(11)12(15)14(9-4-5-9)7-8(2)13(16)17/h8-11H,3-7H2,1-2H3,(H,16,17)/t8-,10-,11+/m0/s1. The largest absolute Gasteiger partial charge is 0.481 e. The molecular weight excluding hydrogens is 234 g/mol. The first-order chi connectivity index (χ1) is 8.54. The third-order valence-corrected chi connectivity index (χ3v) is 3.59. The van der Waals surface area contributed by atoms with Gasteiger partial charge in [0.05, 0.1) is 17.9 Å². The minimum Gasteiger partial charge on any atom is -0.481 e. The third kappa shape index (κ3) is 3.02. The van der Waals surface area contributed by atoms with E-state index >= 15 is 0 Å². The van der Waals surface area contributed by atoms with Crippen LogP contribution in [0.1, 0.15) is 33.1 Å². The van der Waals surface area contributed by atoms with Crippen molar-refractivity contribution in [2.75, 3.05) is 13.2 Å². The van der Waals surface area contributed by atoms with Crippen LogP contribution in [0.25, 0.3) is 0 Å². The molecule has 0 aromatic heterocycles. The van der Waals surface area contributed by atoms with Crippen LogP contribution in [0.5, 0.6) is 0 Å². The van der Waals surface area contributed by atoms with Crippen LogP contribution in [0.2, 0.25) is 0 Å². The Morgan fingerprint density at radius 1 is 1.44 bits per heavy atom. The summed E-state index contributed by atoms with van der Waals surface area (Å²) in [6.45, 7) is 4.53. The summed E-state index contributed by atoms with van der Waals surface area (Å²) in [6.07, 6.45) is 2.86. The highest BCUT2D eigenvalue weighted by molar-refractivity contribution is 5.83. The van der Waals surface area contributed by atoms with Crippen molar-refractivity contribution in [3.63, 3.8) is 0 Å². The van der Waals surface area contributed by atoms with E-state index in [0.717, 1.165) is 19.3 Å². The molecule has 2 aliphatic carbocycles. The van der Waals surface area contributed by atoms with Crippen molar-refractivity contribution in [1.82, 2.24) is 4.90 Å². The number of carbonyl (C=O) groups is 2. The Kier molecular flexibility index (Phi) is 3.90. The Hall–Kier alpha value is -1.10. The molecule has 1 N–H and O–H groups in total. The van der Waals surface area contributed by atoms with E-state index in [1.807, 2.05) is 6.92 Å². The Morgan fingerprint density at radius 2 is 2.11 bits per heavy atom. The molecule has 0 aliphatic heterocycles. The van der Waals surface area contributed by atoms with E-state index in [9.17, 15) is 9.59 Å². The van der Waals surface area contributed by atoms with Gasteiger partial charge in [-0.1, -0.05) is 6.92 Å². The summed E-state index contributed by atoms with van der Waals surface area (Å²) >= 11 is 0. The van der Waals surface area contributed by atoms with Crippen LogP contribution in [0, 0.1) is 11.8 Å². The average Bonchev–Trinajstić information content (AvgIpc) is 3.18. The maximum atomic E-state index is 12.3. The van der Waals surface area contributed by atoms with Crippen molar-refractivity contribution < 1.29 is 19.4 Å². The molecule has 0 saturated heterocycles. The number of carboxylic acid groups (broad SMARTS) is 1. The summed E-state index contributed by atoms with van der Waals surface area (Å²) < 4.78 is 5.43. The SMILES string of the molecule is CCO[C@@H]1C[C@@H]1C(=O)N(C[C@H](C)C(=O)O)C1CC1. The summed E-state index contributed by atoms with van der Waals surface area (Å²) in [5.74, 6) is -1.29. The molecule has 5 nitrogen and oxygen atoms in total. The van der Waals surface area contributed by atoms with Crippen LogP contribution in [0.3, 0.4) is 0 Å². The fourth-order valence-electron chi connectivity index (χ4n) is 2.22. The molecular formula is C13H21NO4. The predicted octanol–water partition coefficient (Wildman–Crippen LogP) is 1.12. The topological polar surface area (TPSA) is 66.8 Å². The predicted molar refractivity (Wildman–Crippen MR) is 65.1 cm³/mol. The molecule has 2 aliphatic rings. The van der Waals surface area contributed by atoms with Crippen LogP contribution in [-0.4, -0.2) is 47.2 Å². The van der Waals surface area contributed by atoms with Crippen LogP contribution >= 0.6 is 0 Å². The van der Waals surface area contributed by atoms with E-state index in [4.69, 9.17) is 9.84 Å². The molecule has 0 radical (unpaired) electrons. The monoisotopic (exact) mass is 255 g/mol. The van der Waals surface area contributed by atoms with Crippen molar-refractivity contribution in [2.24, 2.45) is 11.8 Å². The number of ether oxygens (including phenoxy) is 1. The first-order valence-corrected chi connectivity index (χ1v) is 6.69. The third-order valence-electron chi connectivity index (χ3n) is 3.59. The zero-order valence-corrected chi connectivity index (χ0v) is 11.0. The van der Waals surface area contributed by atoms with E-state index in [1.54, 1.807) is 11.8 Å². The molecule has 0 heterocycles. The number of hydrogen-bond donors (Lipinski definition) is 1. The summed E-state index contributed by atoms with van der Waals surface area (Å²) in [7, 11) is 0. The summed E-state index contributed by atoms with van der Waals surface area (Å²) in [4.78, 5) is 24.9. The van der Waals surface area contributed by atoms with Crippen molar-refractivity contribution >= 4 is 11.9 Å². The maximum absolute atomic E-state index is 12.3. The molecule has 5 heteroatoms. The van der Waals surface area contributed by atoms with E-state index in [-0.39, 0.29) is 24.0 Å². The van der Waals surface area contributed by atoms with E-state index in [0.29, 0.717) is 13.2 Å². The molecule has 1 amide bonds. The Labute approximate surface area is 107 Å². The number of rotatable bonds is 7. The minimum absolute atomic E-state index is 0.0356. The molecule has 18 heavy (non-hydrogen) atoms. The number of hydrogen-bond acceptors (Lipinski definition) is 3. The molecule has 102 valence electrons. The second-order valence-electron chi connectivity index (χ2n) is 5.30. The van der Waals surface area contributed by atoms with Crippen molar-refractivity contribution in [2.45, 2.75) is 45.3 Å². The highest BCUT2D eigenvalue weighted by Gasteiger charge is 2.48. The Balaban J connectivity index is 1.90. The van der Waals surface area contributed by atoms with Crippen LogP contribution in [0.4, 0.5) is 0 Å². The highest BCUT2D eigenvalue weighted by atomic mass is 16.5. The van der Waals surface area contributed by atoms with Gasteiger partial charge in [-0.3, -0.25) is 9.59 Å². The lowest BCUT2D eigenvalue weighted by Crippen LogP contribution is -2.40. The summed E-state index contributed by atoms with van der Waals surface area (Å²) in [5, 5.41) is 8.94. The lowest BCUT2D eigenvalue weighted by molar-refractivity contribution is -0.143. The molecule has 2 fully saturated rings. The van der Waals surface area contributed by atoms with Crippen molar-refractivity contribution in [3.8, 4) is 0 Å². The molecule has 0 aromatic rings. The molecule has 0 spiro atoms. The molecule has 2 rings (SSSR count). The molecule has 2 saturated carbocycles. The van der Waals surface area contributed by atoms with Crippen molar-refractivity contribution in [1.29, 1.82) is 0 Å². The van der Waals surface area contributed by atoms with E-state index in [2.05, 4.69) is 0 Å². The molecule has 0 bridgehead atoms. The van der Waals surface area contributed by atoms with Gasteiger partial charge in [-0.15, -0.1) is 0 Å². The van der Waals surface area contributed by atoms with Gasteiger partial charge < -0.3 is 14.7 Å². The van der Waals surface area contributed by atoms with Gasteiger partial charge in [-0.05, 0) is 26.2 Å². The van der Waals surface area contributed by atoms with Gasteiger partial charge in [-0.2, -0.15) is 0 Å². The molecule has 0 unspecified atom stereocenters. The Morgan fingerprint density at radius 3 is 2.61 bits per heavy atom. The number of nitrogens with zero attached hydrogens (tertiary/aromatic N) is 1. The summed E-state index contributed by atoms with van der Waals surface area (Å²) in [5.41, 5.74) is 0. The average molecular weight is 255 g/mol. The number of carboxylic acids is 1. The fraction of sp³-hybridized carbons (Fsp3) is 0.846. The summed E-state index contributed by atoms with van der Waals surface area (Å²) in [6, 6.07) is 0.266. The molecule has 3 atom stereocenters. The van der Waals surface area contributed by atoms with Crippen molar-refractivity contribution in [3.05, 3.63) is 0 Å². The zero-order valence-electron chi connectivity index (χ0n) is 11.0. The smallest absolute Gasteiger partial charge is 0.308 e. The van der Waals surface area contributed by atoms with E-state index in [1.165, 1.54) is 0 Å². The normalized spacial score (nSPS) is 27.7.